The third kappa shape index (κ3) is 6.17. The smallest absolute Gasteiger partial charge is 0.124 e. The van der Waals surface area contributed by atoms with Gasteiger partial charge in [0.15, 0.2) is 0 Å². The Bertz CT molecular complexity index is 957. The Morgan fingerprint density at radius 3 is 2.29 bits per heavy atom. The average Bonchev–Trinajstić information content (AvgIpc) is 2.83. The molecule has 164 valence electrons. The SMILES string of the molecule is CCC(CCc1ccc(OCc2ccccc2)c(CN)c1)c1ccc(CO)c(CN)c1. The molecule has 0 heterocycles. The fourth-order valence-electron chi connectivity index (χ4n) is 4.02. The van der Waals surface area contributed by atoms with Crippen molar-refractivity contribution in [3.63, 3.8) is 0 Å². The number of aliphatic hydroxyl groups is 1. The molecule has 3 aromatic rings. The first kappa shape index (κ1) is 23.0. The molecule has 0 bridgehead atoms. The van der Waals surface area contributed by atoms with E-state index in [0.29, 0.717) is 25.6 Å². The molecule has 0 fully saturated rings. The standard InChI is InChI=1S/C27H34N2O2/c1-2-22(23-11-12-24(18-30)25(15-23)16-28)10-8-20-9-13-27(26(14-20)17-29)31-19-21-6-4-3-5-7-21/h3-7,9,11-15,22,30H,2,8,10,16-19,28-29H2,1H3. The van der Waals surface area contributed by atoms with Gasteiger partial charge in [0.2, 0.25) is 0 Å². The van der Waals surface area contributed by atoms with Gasteiger partial charge in [0.05, 0.1) is 6.61 Å². The molecule has 1 atom stereocenters. The summed E-state index contributed by atoms with van der Waals surface area (Å²) in [6.45, 7) is 3.70. The summed E-state index contributed by atoms with van der Waals surface area (Å²) in [5, 5.41) is 9.49. The molecule has 0 aliphatic rings. The molecule has 0 saturated heterocycles. The fourth-order valence-corrected chi connectivity index (χ4v) is 4.02. The second kappa shape index (κ2) is 11.7. The van der Waals surface area contributed by atoms with E-state index in [1.165, 1.54) is 11.1 Å². The number of nitrogens with two attached hydrogens (primary N) is 2. The molecule has 31 heavy (non-hydrogen) atoms. The first-order valence-electron chi connectivity index (χ1n) is 11.1. The maximum absolute atomic E-state index is 9.49. The second-order valence-corrected chi connectivity index (χ2v) is 7.95. The molecule has 3 rings (SSSR count). The Hall–Kier alpha value is -2.66. The predicted molar refractivity (Wildman–Crippen MR) is 127 cm³/mol. The van der Waals surface area contributed by atoms with Crippen LogP contribution in [0.25, 0.3) is 0 Å². The zero-order valence-corrected chi connectivity index (χ0v) is 18.4. The van der Waals surface area contributed by atoms with Crippen LogP contribution in [-0.2, 0) is 32.7 Å². The molecular weight excluding hydrogens is 384 g/mol. The van der Waals surface area contributed by atoms with E-state index in [1.54, 1.807) is 0 Å². The predicted octanol–water partition coefficient (Wildman–Crippen LogP) is 4.80. The van der Waals surface area contributed by atoms with Gasteiger partial charge in [0, 0.05) is 18.7 Å². The second-order valence-electron chi connectivity index (χ2n) is 7.95. The van der Waals surface area contributed by atoms with Crippen LogP contribution in [0, 0.1) is 0 Å². The van der Waals surface area contributed by atoms with Gasteiger partial charge >= 0.3 is 0 Å². The van der Waals surface area contributed by atoms with Crippen LogP contribution in [0.2, 0.25) is 0 Å². The molecule has 0 aromatic heterocycles. The van der Waals surface area contributed by atoms with Crippen LogP contribution in [0.1, 0.15) is 59.1 Å². The van der Waals surface area contributed by atoms with Crippen molar-refractivity contribution in [3.8, 4) is 5.75 Å². The van der Waals surface area contributed by atoms with Gasteiger partial charge in [-0.05, 0) is 59.1 Å². The highest BCUT2D eigenvalue weighted by Crippen LogP contribution is 2.28. The van der Waals surface area contributed by atoms with E-state index >= 15 is 0 Å². The number of hydrogen-bond donors (Lipinski definition) is 3. The molecule has 1 unspecified atom stereocenters. The Balaban J connectivity index is 1.66. The number of ether oxygens (including phenoxy) is 1. The molecule has 5 N–H and O–H groups in total. The van der Waals surface area contributed by atoms with Crippen LogP contribution in [0.3, 0.4) is 0 Å². The van der Waals surface area contributed by atoms with E-state index in [4.69, 9.17) is 16.2 Å². The first-order valence-corrected chi connectivity index (χ1v) is 11.1. The molecule has 4 nitrogen and oxygen atoms in total. The molecule has 0 saturated carbocycles. The van der Waals surface area contributed by atoms with Crippen molar-refractivity contribution in [1.29, 1.82) is 0 Å². The van der Waals surface area contributed by atoms with E-state index in [2.05, 4.69) is 43.3 Å². The van der Waals surface area contributed by atoms with Gasteiger partial charge < -0.3 is 21.3 Å². The van der Waals surface area contributed by atoms with Gasteiger partial charge in [0.25, 0.3) is 0 Å². The van der Waals surface area contributed by atoms with Crippen molar-refractivity contribution >= 4 is 0 Å². The number of aryl methyl sites for hydroxylation is 1. The highest BCUT2D eigenvalue weighted by Gasteiger charge is 2.13. The van der Waals surface area contributed by atoms with Crippen LogP contribution in [0.4, 0.5) is 0 Å². The van der Waals surface area contributed by atoms with Gasteiger partial charge in [-0.15, -0.1) is 0 Å². The monoisotopic (exact) mass is 418 g/mol. The van der Waals surface area contributed by atoms with Gasteiger partial charge in [-0.1, -0.05) is 67.6 Å². The molecule has 0 aliphatic heterocycles. The molecule has 0 spiro atoms. The summed E-state index contributed by atoms with van der Waals surface area (Å²) in [7, 11) is 0. The molecule has 4 heteroatoms. The normalized spacial score (nSPS) is 12.0. The third-order valence-corrected chi connectivity index (χ3v) is 5.95. The highest BCUT2D eigenvalue weighted by molar-refractivity contribution is 5.38. The highest BCUT2D eigenvalue weighted by atomic mass is 16.5. The lowest BCUT2D eigenvalue weighted by atomic mass is 9.88. The summed E-state index contributed by atoms with van der Waals surface area (Å²) in [6.07, 6.45) is 3.09. The minimum atomic E-state index is 0.0319. The largest absolute Gasteiger partial charge is 0.489 e. The zero-order chi connectivity index (χ0) is 22.1. The van der Waals surface area contributed by atoms with Gasteiger partial charge in [-0.3, -0.25) is 0 Å². The van der Waals surface area contributed by atoms with E-state index in [0.717, 1.165) is 47.3 Å². The Labute approximate surface area is 185 Å². The molecule has 0 amide bonds. The van der Waals surface area contributed by atoms with Crippen molar-refractivity contribution in [2.45, 2.75) is 58.4 Å². The van der Waals surface area contributed by atoms with Crippen molar-refractivity contribution in [3.05, 3.63) is 100 Å². The quantitative estimate of drug-likeness (QED) is 0.418. The number of hydrogen-bond acceptors (Lipinski definition) is 4. The summed E-state index contributed by atoms with van der Waals surface area (Å²) in [5.41, 5.74) is 18.6. The van der Waals surface area contributed by atoms with Crippen molar-refractivity contribution in [2.75, 3.05) is 0 Å². The molecule has 0 radical (unpaired) electrons. The summed E-state index contributed by atoms with van der Waals surface area (Å²) in [6, 6.07) is 22.8. The van der Waals surface area contributed by atoms with Gasteiger partial charge in [-0.2, -0.15) is 0 Å². The molecular formula is C27H34N2O2. The summed E-state index contributed by atoms with van der Waals surface area (Å²) in [4.78, 5) is 0. The Kier molecular flexibility index (Phi) is 8.65. The topological polar surface area (TPSA) is 81.5 Å². The van der Waals surface area contributed by atoms with E-state index < -0.39 is 0 Å². The Morgan fingerprint density at radius 1 is 0.839 bits per heavy atom. The van der Waals surface area contributed by atoms with E-state index in [-0.39, 0.29) is 6.61 Å². The van der Waals surface area contributed by atoms with Crippen LogP contribution in [0.5, 0.6) is 5.75 Å². The van der Waals surface area contributed by atoms with Crippen molar-refractivity contribution in [2.24, 2.45) is 11.5 Å². The van der Waals surface area contributed by atoms with E-state index in [9.17, 15) is 5.11 Å². The van der Waals surface area contributed by atoms with Crippen LogP contribution in [0.15, 0.2) is 66.7 Å². The third-order valence-electron chi connectivity index (χ3n) is 5.95. The summed E-state index contributed by atoms with van der Waals surface area (Å²) < 4.78 is 6.02. The lowest BCUT2D eigenvalue weighted by molar-refractivity contribution is 0.280. The minimum Gasteiger partial charge on any atom is -0.489 e. The number of rotatable bonds is 11. The fraction of sp³-hybridized carbons (Fsp3) is 0.333. The zero-order valence-electron chi connectivity index (χ0n) is 18.4. The first-order chi connectivity index (χ1) is 15.2. The lowest BCUT2D eigenvalue weighted by Crippen LogP contribution is -2.07. The maximum atomic E-state index is 9.49. The number of aliphatic hydroxyl groups excluding tert-OH is 1. The summed E-state index contributed by atoms with van der Waals surface area (Å²) >= 11 is 0. The average molecular weight is 419 g/mol. The van der Waals surface area contributed by atoms with Crippen molar-refractivity contribution < 1.29 is 9.84 Å². The maximum Gasteiger partial charge on any atom is 0.124 e. The van der Waals surface area contributed by atoms with Crippen LogP contribution in [-0.4, -0.2) is 5.11 Å². The van der Waals surface area contributed by atoms with Gasteiger partial charge in [0.1, 0.15) is 12.4 Å². The molecule has 0 aliphatic carbocycles. The number of benzene rings is 3. The molecule has 3 aromatic carbocycles. The minimum absolute atomic E-state index is 0.0319. The van der Waals surface area contributed by atoms with Crippen LogP contribution >= 0.6 is 0 Å². The van der Waals surface area contributed by atoms with Crippen LogP contribution < -0.4 is 16.2 Å². The summed E-state index contributed by atoms with van der Waals surface area (Å²) in [5.74, 6) is 1.31. The Morgan fingerprint density at radius 2 is 1.61 bits per heavy atom. The van der Waals surface area contributed by atoms with Gasteiger partial charge in [-0.25, -0.2) is 0 Å². The van der Waals surface area contributed by atoms with Crippen molar-refractivity contribution in [1.82, 2.24) is 0 Å². The lowest BCUT2D eigenvalue weighted by Gasteiger charge is -2.18. The van der Waals surface area contributed by atoms with E-state index in [1.807, 2.05) is 30.3 Å².